The first-order valence-corrected chi connectivity index (χ1v) is 7.15. The first-order valence-electron chi connectivity index (χ1n) is 7.15. The molecule has 0 saturated heterocycles. The molecule has 1 aromatic heterocycles. The summed E-state index contributed by atoms with van der Waals surface area (Å²) >= 11 is 0. The van der Waals surface area contributed by atoms with Crippen LogP contribution in [0.15, 0.2) is 4.52 Å². The highest BCUT2D eigenvalue weighted by Crippen LogP contribution is 2.29. The number of carbonyl (C=O) groups excluding carboxylic acids is 1. The smallest absolute Gasteiger partial charge is 0.273 e. The lowest BCUT2D eigenvalue weighted by Crippen LogP contribution is -2.44. The fraction of sp³-hybridized carbons (Fsp3) is 0.733. The largest absolute Gasteiger partial charge is 0.360 e. The summed E-state index contributed by atoms with van der Waals surface area (Å²) < 4.78 is 5.17. The van der Waals surface area contributed by atoms with Crippen LogP contribution in [0, 0.1) is 12.3 Å². The van der Waals surface area contributed by atoms with Crippen molar-refractivity contribution >= 4 is 5.91 Å². The van der Waals surface area contributed by atoms with E-state index >= 15 is 0 Å². The highest BCUT2D eigenvalue weighted by Gasteiger charge is 2.30. The molecule has 0 aliphatic heterocycles. The summed E-state index contributed by atoms with van der Waals surface area (Å²) in [4.78, 5) is 12.3. The maximum absolute atomic E-state index is 12.3. The van der Waals surface area contributed by atoms with Crippen molar-refractivity contribution in [3.63, 3.8) is 0 Å². The molecule has 1 atom stereocenters. The van der Waals surface area contributed by atoms with Gasteiger partial charge in [-0.2, -0.15) is 0 Å². The van der Waals surface area contributed by atoms with Crippen LogP contribution >= 0.6 is 0 Å². The minimum absolute atomic E-state index is 0.108. The molecule has 1 unspecified atom stereocenters. The van der Waals surface area contributed by atoms with Gasteiger partial charge in [0.2, 0.25) is 0 Å². The quantitative estimate of drug-likeness (QED) is 0.857. The Labute approximate surface area is 115 Å². The number of nitrogens with zero attached hydrogens (tertiary/aromatic N) is 1. The Kier molecular flexibility index (Phi) is 5.15. The molecule has 1 amide bonds. The Balaban J connectivity index is 2.82. The third-order valence-electron chi connectivity index (χ3n) is 4.57. The molecule has 4 heteroatoms. The predicted molar refractivity (Wildman–Crippen MR) is 76.2 cm³/mol. The summed E-state index contributed by atoms with van der Waals surface area (Å²) in [6.07, 6.45) is 2.81. The van der Waals surface area contributed by atoms with Crippen LogP contribution in [0.2, 0.25) is 0 Å². The van der Waals surface area contributed by atoms with Crippen LogP contribution in [-0.4, -0.2) is 17.1 Å². The molecule has 0 bridgehead atoms. The van der Waals surface area contributed by atoms with Crippen molar-refractivity contribution in [2.45, 2.75) is 66.8 Å². The molecule has 0 spiro atoms. The summed E-state index contributed by atoms with van der Waals surface area (Å²) in [7, 11) is 0. The van der Waals surface area contributed by atoms with E-state index in [-0.39, 0.29) is 17.4 Å². The van der Waals surface area contributed by atoms with Crippen LogP contribution in [0.3, 0.4) is 0 Å². The number of hydrogen-bond donors (Lipinski definition) is 1. The number of amides is 1. The van der Waals surface area contributed by atoms with Crippen LogP contribution < -0.4 is 5.32 Å². The van der Waals surface area contributed by atoms with Crippen molar-refractivity contribution in [3.05, 3.63) is 17.0 Å². The van der Waals surface area contributed by atoms with Crippen molar-refractivity contribution in [2.75, 3.05) is 0 Å². The van der Waals surface area contributed by atoms with Gasteiger partial charge in [-0.1, -0.05) is 32.9 Å². The fourth-order valence-electron chi connectivity index (χ4n) is 2.21. The predicted octanol–water partition coefficient (Wildman–Crippen LogP) is 3.49. The van der Waals surface area contributed by atoms with Gasteiger partial charge < -0.3 is 9.84 Å². The number of carbonyl (C=O) groups is 1. The van der Waals surface area contributed by atoms with Gasteiger partial charge in [-0.3, -0.25) is 4.79 Å². The molecule has 1 heterocycles. The normalized spacial score (nSPS) is 13.4. The van der Waals surface area contributed by atoms with Crippen LogP contribution in [-0.2, 0) is 6.42 Å². The Morgan fingerprint density at radius 2 is 1.95 bits per heavy atom. The lowest BCUT2D eigenvalue weighted by atomic mass is 9.78. The maximum atomic E-state index is 12.3. The second-order valence-corrected chi connectivity index (χ2v) is 5.49. The molecule has 0 fully saturated rings. The zero-order valence-corrected chi connectivity index (χ0v) is 13.0. The van der Waals surface area contributed by atoms with E-state index in [1.54, 1.807) is 0 Å². The number of nitrogens with one attached hydrogen (secondary N) is 1. The highest BCUT2D eigenvalue weighted by molar-refractivity contribution is 5.93. The number of aromatic nitrogens is 1. The van der Waals surface area contributed by atoms with Crippen LogP contribution in [0.25, 0.3) is 0 Å². The van der Waals surface area contributed by atoms with E-state index in [0.717, 1.165) is 30.6 Å². The van der Waals surface area contributed by atoms with E-state index in [1.807, 2.05) is 13.8 Å². The summed E-state index contributed by atoms with van der Waals surface area (Å²) in [5.41, 5.74) is 1.38. The molecule has 4 nitrogen and oxygen atoms in total. The Hall–Kier alpha value is -1.32. The first kappa shape index (κ1) is 15.7. The Morgan fingerprint density at radius 3 is 2.37 bits per heavy atom. The van der Waals surface area contributed by atoms with Gasteiger partial charge in [0.05, 0.1) is 0 Å². The average molecular weight is 266 g/mol. The standard InChI is InChI=1S/C15H26N2O2/c1-7-12-10(4)13(17-19-12)14(18)16-11(5)15(6,8-2)9-3/h11H,7-9H2,1-6H3,(H,16,18). The molecule has 1 rings (SSSR count). The zero-order chi connectivity index (χ0) is 14.6. The van der Waals surface area contributed by atoms with Gasteiger partial charge in [-0.25, -0.2) is 0 Å². The number of rotatable bonds is 6. The molecule has 1 N–H and O–H groups in total. The van der Waals surface area contributed by atoms with Crippen LogP contribution in [0.4, 0.5) is 0 Å². The van der Waals surface area contributed by atoms with Gasteiger partial charge in [-0.15, -0.1) is 0 Å². The van der Waals surface area contributed by atoms with Gasteiger partial charge in [0, 0.05) is 18.0 Å². The second kappa shape index (κ2) is 6.22. The van der Waals surface area contributed by atoms with E-state index in [0.29, 0.717) is 5.69 Å². The van der Waals surface area contributed by atoms with Crippen molar-refractivity contribution < 1.29 is 9.32 Å². The molecule has 0 saturated carbocycles. The monoisotopic (exact) mass is 266 g/mol. The van der Waals surface area contributed by atoms with Gasteiger partial charge in [0.15, 0.2) is 5.69 Å². The van der Waals surface area contributed by atoms with E-state index in [4.69, 9.17) is 4.52 Å². The molecule has 19 heavy (non-hydrogen) atoms. The minimum atomic E-state index is -0.137. The zero-order valence-electron chi connectivity index (χ0n) is 13.0. The van der Waals surface area contributed by atoms with Crippen molar-refractivity contribution in [2.24, 2.45) is 5.41 Å². The first-order chi connectivity index (χ1) is 8.89. The molecular weight excluding hydrogens is 240 g/mol. The van der Waals surface area contributed by atoms with Crippen molar-refractivity contribution in [1.29, 1.82) is 0 Å². The SMILES string of the molecule is CCc1onc(C(=O)NC(C)C(C)(CC)CC)c1C. The fourth-order valence-corrected chi connectivity index (χ4v) is 2.21. The molecule has 0 aliphatic carbocycles. The molecule has 1 aromatic rings. The molecular formula is C15H26N2O2. The van der Waals surface area contributed by atoms with Gasteiger partial charge in [0.25, 0.3) is 5.91 Å². The van der Waals surface area contributed by atoms with Crippen molar-refractivity contribution in [3.8, 4) is 0 Å². The van der Waals surface area contributed by atoms with Gasteiger partial charge in [-0.05, 0) is 32.1 Å². The third-order valence-corrected chi connectivity index (χ3v) is 4.57. The van der Waals surface area contributed by atoms with Gasteiger partial charge in [0.1, 0.15) is 5.76 Å². The minimum Gasteiger partial charge on any atom is -0.360 e. The molecule has 0 radical (unpaired) electrons. The topological polar surface area (TPSA) is 55.1 Å². The Morgan fingerprint density at radius 1 is 1.37 bits per heavy atom. The van der Waals surface area contributed by atoms with Crippen molar-refractivity contribution in [1.82, 2.24) is 10.5 Å². The second-order valence-electron chi connectivity index (χ2n) is 5.49. The number of aryl methyl sites for hydroxylation is 1. The molecule has 0 aliphatic rings. The summed E-state index contributed by atoms with van der Waals surface area (Å²) in [6.45, 7) is 12.4. The molecule has 108 valence electrons. The van der Waals surface area contributed by atoms with E-state index in [1.165, 1.54) is 0 Å². The lowest BCUT2D eigenvalue weighted by Gasteiger charge is -2.34. The van der Waals surface area contributed by atoms with E-state index < -0.39 is 0 Å². The van der Waals surface area contributed by atoms with Crippen LogP contribution in [0.5, 0.6) is 0 Å². The lowest BCUT2D eigenvalue weighted by molar-refractivity contribution is 0.0879. The summed E-state index contributed by atoms with van der Waals surface area (Å²) in [5.74, 6) is 0.646. The highest BCUT2D eigenvalue weighted by atomic mass is 16.5. The average Bonchev–Trinajstić information content (AvgIpc) is 2.78. The van der Waals surface area contributed by atoms with Gasteiger partial charge >= 0.3 is 0 Å². The molecule has 0 aromatic carbocycles. The van der Waals surface area contributed by atoms with E-state index in [9.17, 15) is 4.79 Å². The summed E-state index contributed by atoms with van der Waals surface area (Å²) in [6, 6.07) is 0.108. The Bertz CT molecular complexity index is 433. The van der Waals surface area contributed by atoms with E-state index in [2.05, 4.69) is 38.2 Å². The third kappa shape index (κ3) is 3.17. The maximum Gasteiger partial charge on any atom is 0.273 e. The number of hydrogen-bond acceptors (Lipinski definition) is 3. The van der Waals surface area contributed by atoms with Crippen LogP contribution in [0.1, 0.15) is 69.3 Å². The summed E-state index contributed by atoms with van der Waals surface area (Å²) in [5, 5.41) is 6.94.